The van der Waals surface area contributed by atoms with E-state index in [1.807, 2.05) is 30.3 Å². The van der Waals surface area contributed by atoms with Gasteiger partial charge in [-0.3, -0.25) is 10.1 Å². The van der Waals surface area contributed by atoms with Crippen LogP contribution in [0.1, 0.15) is 30.6 Å². The summed E-state index contributed by atoms with van der Waals surface area (Å²) in [6, 6.07) is 8.92. The summed E-state index contributed by atoms with van der Waals surface area (Å²) in [5.74, 6) is -0.353. The van der Waals surface area contributed by atoms with E-state index in [0.717, 1.165) is 31.5 Å². The Bertz CT molecular complexity index is 560. The van der Waals surface area contributed by atoms with E-state index in [0.29, 0.717) is 10.9 Å². The SMILES string of the molecule is CCNC(=O)NC(=O)[C@@H](SC(=S)N1CCCC1)c1ccccc1. The van der Waals surface area contributed by atoms with Crippen molar-refractivity contribution in [2.24, 2.45) is 0 Å². The number of carbonyl (C=O) groups is 2. The van der Waals surface area contributed by atoms with Crippen LogP contribution in [-0.2, 0) is 4.79 Å². The molecule has 3 amide bonds. The van der Waals surface area contributed by atoms with Crippen LogP contribution in [0.15, 0.2) is 30.3 Å². The molecule has 0 spiro atoms. The van der Waals surface area contributed by atoms with E-state index in [1.165, 1.54) is 11.8 Å². The van der Waals surface area contributed by atoms with Crippen molar-refractivity contribution < 1.29 is 9.59 Å². The van der Waals surface area contributed by atoms with Gasteiger partial charge in [0.05, 0.1) is 0 Å². The normalized spacial score (nSPS) is 15.1. The van der Waals surface area contributed by atoms with E-state index in [-0.39, 0.29) is 5.91 Å². The molecule has 0 saturated carbocycles. The molecule has 1 aromatic carbocycles. The summed E-state index contributed by atoms with van der Waals surface area (Å²) in [6.45, 7) is 4.14. The zero-order valence-corrected chi connectivity index (χ0v) is 14.7. The third kappa shape index (κ3) is 5.21. The highest BCUT2D eigenvalue weighted by Crippen LogP contribution is 2.32. The Kier molecular flexibility index (Phi) is 6.85. The van der Waals surface area contributed by atoms with Crippen molar-refractivity contribution in [3.8, 4) is 0 Å². The molecule has 0 bridgehead atoms. The van der Waals surface area contributed by atoms with Crippen LogP contribution in [0.25, 0.3) is 0 Å². The zero-order chi connectivity index (χ0) is 16.7. The molecular weight excluding hydrogens is 330 g/mol. The molecule has 23 heavy (non-hydrogen) atoms. The number of thiocarbonyl (C=S) groups is 1. The van der Waals surface area contributed by atoms with E-state index in [9.17, 15) is 9.59 Å². The number of urea groups is 1. The lowest BCUT2D eigenvalue weighted by atomic mass is 10.1. The Morgan fingerprint density at radius 1 is 1.26 bits per heavy atom. The molecular formula is C16H21N3O2S2. The number of carbonyl (C=O) groups excluding carboxylic acids is 2. The van der Waals surface area contributed by atoms with Gasteiger partial charge in [0.2, 0.25) is 5.91 Å². The van der Waals surface area contributed by atoms with Crippen LogP contribution in [0.2, 0.25) is 0 Å². The highest BCUT2D eigenvalue weighted by molar-refractivity contribution is 8.23. The number of nitrogens with one attached hydrogen (secondary N) is 2. The lowest BCUT2D eigenvalue weighted by molar-refractivity contribution is -0.119. The smallest absolute Gasteiger partial charge is 0.321 e. The second-order valence-electron chi connectivity index (χ2n) is 5.22. The lowest BCUT2D eigenvalue weighted by Crippen LogP contribution is -2.41. The molecule has 1 atom stereocenters. The van der Waals surface area contributed by atoms with Gasteiger partial charge in [-0.1, -0.05) is 54.3 Å². The van der Waals surface area contributed by atoms with E-state index in [1.54, 1.807) is 6.92 Å². The van der Waals surface area contributed by atoms with Crippen LogP contribution >= 0.6 is 24.0 Å². The number of hydrogen-bond donors (Lipinski definition) is 2. The molecule has 1 saturated heterocycles. The first-order valence-corrected chi connectivity index (χ1v) is 8.99. The van der Waals surface area contributed by atoms with Crippen molar-refractivity contribution in [1.29, 1.82) is 0 Å². The van der Waals surface area contributed by atoms with Gasteiger partial charge in [-0.25, -0.2) is 4.79 Å². The van der Waals surface area contributed by atoms with Gasteiger partial charge >= 0.3 is 6.03 Å². The molecule has 0 aromatic heterocycles. The number of likely N-dealkylation sites (tertiary alicyclic amines) is 1. The van der Waals surface area contributed by atoms with Crippen molar-refractivity contribution in [3.05, 3.63) is 35.9 Å². The molecule has 1 aliphatic rings. The van der Waals surface area contributed by atoms with Crippen molar-refractivity contribution in [3.63, 3.8) is 0 Å². The standard InChI is InChI=1S/C16H21N3O2S2/c1-2-17-15(21)18-14(20)13(12-8-4-3-5-9-12)23-16(22)19-10-6-7-11-19/h3-5,8-9,13H,2,6-7,10-11H2,1H3,(H2,17,18,20,21)/t13-/m0/s1. The van der Waals surface area contributed by atoms with Gasteiger partial charge in [0.25, 0.3) is 0 Å². The van der Waals surface area contributed by atoms with Crippen LogP contribution < -0.4 is 10.6 Å². The maximum atomic E-state index is 12.5. The van der Waals surface area contributed by atoms with Gasteiger partial charge in [0.1, 0.15) is 9.57 Å². The Morgan fingerprint density at radius 3 is 2.52 bits per heavy atom. The monoisotopic (exact) mass is 351 g/mol. The number of hydrogen-bond acceptors (Lipinski definition) is 4. The Labute approximate surface area is 146 Å². The Hall–Kier alpha value is -1.60. The molecule has 0 aliphatic carbocycles. The van der Waals surface area contributed by atoms with E-state index < -0.39 is 11.3 Å². The molecule has 1 heterocycles. The third-order valence-electron chi connectivity index (χ3n) is 3.50. The first-order valence-electron chi connectivity index (χ1n) is 7.71. The van der Waals surface area contributed by atoms with Gasteiger partial charge in [-0.2, -0.15) is 0 Å². The zero-order valence-electron chi connectivity index (χ0n) is 13.1. The van der Waals surface area contributed by atoms with Crippen LogP contribution in [-0.4, -0.2) is 40.8 Å². The molecule has 2 rings (SSSR count). The van der Waals surface area contributed by atoms with Crippen LogP contribution in [0.5, 0.6) is 0 Å². The number of thioether (sulfide) groups is 1. The van der Waals surface area contributed by atoms with Gasteiger partial charge in [-0.05, 0) is 25.3 Å². The quantitative estimate of drug-likeness (QED) is 0.817. The molecule has 1 fully saturated rings. The molecule has 0 unspecified atom stereocenters. The average Bonchev–Trinajstić information content (AvgIpc) is 3.07. The number of rotatable bonds is 4. The summed E-state index contributed by atoms with van der Waals surface area (Å²) in [5, 5.41) is 4.42. The molecule has 2 N–H and O–H groups in total. The second-order valence-corrected chi connectivity index (χ2v) is 6.96. The minimum absolute atomic E-state index is 0.353. The molecule has 5 nitrogen and oxygen atoms in total. The van der Waals surface area contributed by atoms with Crippen LogP contribution in [0.4, 0.5) is 4.79 Å². The average molecular weight is 351 g/mol. The highest BCUT2D eigenvalue weighted by Gasteiger charge is 2.27. The minimum atomic E-state index is -0.535. The molecule has 1 aliphatic heterocycles. The summed E-state index contributed by atoms with van der Waals surface area (Å²) in [5.41, 5.74) is 0.834. The molecule has 124 valence electrons. The topological polar surface area (TPSA) is 61.4 Å². The third-order valence-corrected chi connectivity index (χ3v) is 5.23. The maximum absolute atomic E-state index is 12.5. The molecule has 1 aromatic rings. The fraction of sp³-hybridized carbons (Fsp3) is 0.438. The van der Waals surface area contributed by atoms with E-state index >= 15 is 0 Å². The van der Waals surface area contributed by atoms with Crippen molar-refractivity contribution >= 4 is 40.2 Å². The number of amides is 3. The summed E-state index contributed by atoms with van der Waals surface area (Å²) in [7, 11) is 0. The van der Waals surface area contributed by atoms with E-state index in [4.69, 9.17) is 12.2 Å². The summed E-state index contributed by atoms with van der Waals surface area (Å²) in [4.78, 5) is 26.3. The summed E-state index contributed by atoms with van der Waals surface area (Å²) in [6.07, 6.45) is 2.25. The second kappa shape index (κ2) is 8.88. The van der Waals surface area contributed by atoms with Gasteiger partial charge in [0.15, 0.2) is 0 Å². The van der Waals surface area contributed by atoms with Crippen molar-refractivity contribution in [2.45, 2.75) is 25.0 Å². The lowest BCUT2D eigenvalue weighted by Gasteiger charge is -2.22. The van der Waals surface area contributed by atoms with Gasteiger partial charge < -0.3 is 10.2 Å². The predicted octanol–water partition coefficient (Wildman–Crippen LogP) is 2.69. The van der Waals surface area contributed by atoms with E-state index in [2.05, 4.69) is 15.5 Å². The fourth-order valence-corrected chi connectivity index (χ4v) is 3.82. The molecule has 0 radical (unpaired) electrons. The maximum Gasteiger partial charge on any atom is 0.321 e. The van der Waals surface area contributed by atoms with Gasteiger partial charge in [-0.15, -0.1) is 0 Å². The summed E-state index contributed by atoms with van der Waals surface area (Å²) < 4.78 is 0.711. The van der Waals surface area contributed by atoms with Crippen molar-refractivity contribution in [2.75, 3.05) is 19.6 Å². The highest BCUT2D eigenvalue weighted by atomic mass is 32.2. The van der Waals surface area contributed by atoms with Gasteiger partial charge in [0, 0.05) is 19.6 Å². The minimum Gasteiger partial charge on any atom is -0.357 e. The van der Waals surface area contributed by atoms with Crippen LogP contribution in [0, 0.1) is 0 Å². The number of imide groups is 1. The first-order chi connectivity index (χ1) is 11.1. The number of benzene rings is 1. The fourth-order valence-electron chi connectivity index (χ4n) is 2.36. The molecule has 7 heteroatoms. The number of nitrogens with zero attached hydrogens (tertiary/aromatic N) is 1. The van der Waals surface area contributed by atoms with Crippen LogP contribution in [0.3, 0.4) is 0 Å². The largest absolute Gasteiger partial charge is 0.357 e. The predicted molar refractivity (Wildman–Crippen MR) is 97.4 cm³/mol. The Morgan fingerprint density at radius 2 is 1.91 bits per heavy atom. The van der Waals surface area contributed by atoms with Crippen molar-refractivity contribution in [1.82, 2.24) is 15.5 Å². The first kappa shape index (κ1) is 17.7. The summed E-state index contributed by atoms with van der Waals surface area (Å²) >= 11 is 6.81. The Balaban J connectivity index is 2.10.